The van der Waals surface area contributed by atoms with Gasteiger partial charge in [-0.05, 0) is 6.92 Å². The van der Waals surface area contributed by atoms with Crippen molar-refractivity contribution in [3.8, 4) is 0 Å². The minimum Gasteiger partial charge on any atom is -0.383 e. The van der Waals surface area contributed by atoms with Crippen molar-refractivity contribution in [2.75, 3.05) is 46.2 Å². The molecule has 1 aromatic rings. The van der Waals surface area contributed by atoms with Crippen LogP contribution in [-0.4, -0.2) is 67.6 Å². The van der Waals surface area contributed by atoms with Gasteiger partial charge in [-0.3, -0.25) is 4.79 Å². The fourth-order valence-electron chi connectivity index (χ4n) is 1.47. The molecule has 0 aliphatic rings. The van der Waals surface area contributed by atoms with Crippen LogP contribution in [0.15, 0.2) is 6.20 Å². The summed E-state index contributed by atoms with van der Waals surface area (Å²) in [7, 11) is 4.84. The Morgan fingerprint density at radius 1 is 1.45 bits per heavy atom. The number of thiazole rings is 1. The average Bonchev–Trinajstić information content (AvgIpc) is 2.78. The van der Waals surface area contributed by atoms with Crippen molar-refractivity contribution in [2.45, 2.75) is 6.92 Å². The number of urea groups is 1. The van der Waals surface area contributed by atoms with Crippen LogP contribution in [0, 0.1) is 6.92 Å². The molecular formula is C12H20N4O3S. The van der Waals surface area contributed by atoms with Crippen LogP contribution < -0.4 is 5.32 Å². The molecule has 1 rings (SSSR count). The topological polar surface area (TPSA) is 74.8 Å². The standard InChI is InChI=1S/C12H20N4O3S/c1-9-7-13-11(20-9)14-10(17)8-16(5-6-19-4)12(18)15(2)3/h7H,5-6,8H2,1-4H3,(H,13,14,17). The van der Waals surface area contributed by atoms with Gasteiger partial charge in [0.15, 0.2) is 5.13 Å². The summed E-state index contributed by atoms with van der Waals surface area (Å²) in [6.45, 7) is 2.62. The van der Waals surface area contributed by atoms with E-state index in [1.807, 2.05) is 6.92 Å². The Kier molecular flexibility index (Phi) is 6.40. The summed E-state index contributed by atoms with van der Waals surface area (Å²) < 4.78 is 4.95. The molecule has 0 fully saturated rings. The van der Waals surface area contributed by atoms with E-state index in [0.29, 0.717) is 18.3 Å². The second-order valence-corrected chi connectivity index (χ2v) is 5.65. The molecule has 0 aromatic carbocycles. The van der Waals surface area contributed by atoms with E-state index in [9.17, 15) is 9.59 Å². The molecule has 3 amide bonds. The van der Waals surface area contributed by atoms with Crippen LogP contribution in [0.2, 0.25) is 0 Å². The molecule has 112 valence electrons. The van der Waals surface area contributed by atoms with E-state index in [2.05, 4.69) is 10.3 Å². The lowest BCUT2D eigenvalue weighted by molar-refractivity contribution is -0.117. The van der Waals surface area contributed by atoms with Gasteiger partial charge in [-0.1, -0.05) is 0 Å². The Morgan fingerprint density at radius 2 is 2.15 bits per heavy atom. The zero-order valence-corrected chi connectivity index (χ0v) is 13.0. The zero-order chi connectivity index (χ0) is 15.1. The largest absolute Gasteiger partial charge is 0.383 e. The van der Waals surface area contributed by atoms with Gasteiger partial charge in [0, 0.05) is 38.8 Å². The number of nitrogens with zero attached hydrogens (tertiary/aromatic N) is 3. The van der Waals surface area contributed by atoms with Crippen molar-refractivity contribution < 1.29 is 14.3 Å². The van der Waals surface area contributed by atoms with E-state index in [0.717, 1.165) is 4.88 Å². The highest BCUT2D eigenvalue weighted by molar-refractivity contribution is 7.15. The number of methoxy groups -OCH3 is 1. The number of anilines is 1. The van der Waals surface area contributed by atoms with Crippen molar-refractivity contribution in [2.24, 2.45) is 0 Å². The summed E-state index contributed by atoms with van der Waals surface area (Å²) in [4.78, 5) is 31.8. The van der Waals surface area contributed by atoms with E-state index in [1.165, 1.54) is 21.1 Å². The van der Waals surface area contributed by atoms with Crippen LogP contribution in [0.1, 0.15) is 4.88 Å². The van der Waals surface area contributed by atoms with E-state index >= 15 is 0 Å². The van der Waals surface area contributed by atoms with Crippen molar-refractivity contribution in [1.29, 1.82) is 0 Å². The first-order valence-electron chi connectivity index (χ1n) is 6.11. The minimum absolute atomic E-state index is 0.0288. The van der Waals surface area contributed by atoms with Gasteiger partial charge >= 0.3 is 6.03 Å². The Bertz CT molecular complexity index is 461. The third kappa shape index (κ3) is 5.14. The van der Waals surface area contributed by atoms with Crippen LogP contribution >= 0.6 is 11.3 Å². The van der Waals surface area contributed by atoms with Crippen molar-refractivity contribution >= 4 is 28.4 Å². The van der Waals surface area contributed by atoms with Crippen LogP contribution in [0.3, 0.4) is 0 Å². The summed E-state index contributed by atoms with van der Waals surface area (Å²) in [5.41, 5.74) is 0. The second-order valence-electron chi connectivity index (χ2n) is 4.42. The summed E-state index contributed by atoms with van der Waals surface area (Å²) in [5.74, 6) is -0.273. The maximum atomic E-state index is 11.9. The smallest absolute Gasteiger partial charge is 0.320 e. The van der Waals surface area contributed by atoms with Gasteiger partial charge in [-0.2, -0.15) is 0 Å². The lowest BCUT2D eigenvalue weighted by Crippen LogP contribution is -2.44. The van der Waals surface area contributed by atoms with Crippen LogP contribution in [0.4, 0.5) is 9.93 Å². The highest BCUT2D eigenvalue weighted by Crippen LogP contribution is 2.16. The third-order valence-electron chi connectivity index (χ3n) is 2.42. The summed E-state index contributed by atoms with van der Waals surface area (Å²) >= 11 is 1.39. The van der Waals surface area contributed by atoms with Gasteiger partial charge in [0.25, 0.3) is 0 Å². The van der Waals surface area contributed by atoms with Gasteiger partial charge < -0.3 is 19.9 Å². The minimum atomic E-state index is -0.273. The third-order valence-corrected chi connectivity index (χ3v) is 3.25. The number of rotatable bonds is 6. The van der Waals surface area contributed by atoms with E-state index in [1.54, 1.807) is 27.4 Å². The Labute approximate surface area is 122 Å². The molecule has 0 saturated carbocycles. The van der Waals surface area contributed by atoms with Crippen LogP contribution in [0.25, 0.3) is 0 Å². The summed E-state index contributed by atoms with van der Waals surface area (Å²) in [6, 6.07) is -0.229. The molecule has 1 N–H and O–H groups in total. The van der Waals surface area contributed by atoms with Gasteiger partial charge in [0.05, 0.1) is 6.61 Å². The molecule has 1 heterocycles. The first-order valence-corrected chi connectivity index (χ1v) is 6.93. The number of carbonyl (C=O) groups excluding carboxylic acids is 2. The van der Waals surface area contributed by atoms with Crippen LogP contribution in [0.5, 0.6) is 0 Å². The molecule has 0 radical (unpaired) electrons. The number of aromatic nitrogens is 1. The maximum absolute atomic E-state index is 11.9. The molecule has 0 aliphatic carbocycles. The predicted octanol–water partition coefficient (Wildman–Crippen LogP) is 1.02. The van der Waals surface area contributed by atoms with Crippen molar-refractivity contribution in [3.05, 3.63) is 11.1 Å². The molecule has 0 bridgehead atoms. The second kappa shape index (κ2) is 7.81. The van der Waals surface area contributed by atoms with E-state index < -0.39 is 0 Å². The van der Waals surface area contributed by atoms with E-state index in [-0.39, 0.29) is 18.5 Å². The fourth-order valence-corrected chi connectivity index (χ4v) is 2.15. The molecule has 0 atom stereocenters. The molecule has 1 aromatic heterocycles. The summed E-state index contributed by atoms with van der Waals surface area (Å²) in [6.07, 6.45) is 1.69. The number of ether oxygens (including phenoxy) is 1. The molecule has 0 unspecified atom stereocenters. The molecule has 0 saturated heterocycles. The number of aryl methyl sites for hydroxylation is 1. The number of amides is 3. The Morgan fingerprint density at radius 3 is 2.65 bits per heavy atom. The summed E-state index contributed by atoms with van der Waals surface area (Å²) in [5, 5.41) is 3.22. The normalized spacial score (nSPS) is 10.2. The number of hydrogen-bond acceptors (Lipinski definition) is 5. The number of carbonyl (C=O) groups is 2. The molecule has 8 heteroatoms. The Balaban J connectivity index is 2.59. The SMILES string of the molecule is COCCN(CC(=O)Nc1ncc(C)s1)C(=O)N(C)C. The van der Waals surface area contributed by atoms with Crippen molar-refractivity contribution in [1.82, 2.24) is 14.8 Å². The van der Waals surface area contributed by atoms with Crippen molar-refractivity contribution in [3.63, 3.8) is 0 Å². The zero-order valence-electron chi connectivity index (χ0n) is 12.2. The maximum Gasteiger partial charge on any atom is 0.320 e. The molecular weight excluding hydrogens is 280 g/mol. The first kappa shape index (κ1) is 16.4. The molecule has 20 heavy (non-hydrogen) atoms. The molecule has 0 aliphatic heterocycles. The average molecular weight is 300 g/mol. The first-order chi connectivity index (χ1) is 9.43. The van der Waals surface area contributed by atoms with E-state index in [4.69, 9.17) is 4.74 Å². The highest BCUT2D eigenvalue weighted by atomic mass is 32.1. The van der Waals surface area contributed by atoms with Crippen LogP contribution in [-0.2, 0) is 9.53 Å². The molecule has 0 spiro atoms. The van der Waals surface area contributed by atoms with Gasteiger partial charge in [0.2, 0.25) is 5.91 Å². The number of nitrogens with one attached hydrogen (secondary N) is 1. The molecule has 7 nitrogen and oxygen atoms in total. The van der Waals surface area contributed by atoms with Gasteiger partial charge in [-0.15, -0.1) is 11.3 Å². The lowest BCUT2D eigenvalue weighted by atomic mass is 10.4. The number of hydrogen-bond donors (Lipinski definition) is 1. The predicted molar refractivity (Wildman–Crippen MR) is 78.0 cm³/mol. The van der Waals surface area contributed by atoms with Gasteiger partial charge in [-0.25, -0.2) is 9.78 Å². The monoisotopic (exact) mass is 300 g/mol. The quantitative estimate of drug-likeness (QED) is 0.851. The highest BCUT2D eigenvalue weighted by Gasteiger charge is 2.19. The fraction of sp³-hybridized carbons (Fsp3) is 0.583. The Hall–Kier alpha value is -1.67. The lowest BCUT2D eigenvalue weighted by Gasteiger charge is -2.25. The van der Waals surface area contributed by atoms with Gasteiger partial charge in [0.1, 0.15) is 6.54 Å².